The first kappa shape index (κ1) is 30.1. The number of halogens is 1. The van der Waals surface area contributed by atoms with Crippen LogP contribution < -0.4 is 21.0 Å². The number of carbonyl (C=O) groups is 3. The van der Waals surface area contributed by atoms with E-state index in [-0.39, 0.29) is 28.2 Å². The van der Waals surface area contributed by atoms with E-state index in [0.717, 1.165) is 15.7 Å². The molecule has 1 atom stereocenters. The number of aromatic hydroxyl groups is 1. The van der Waals surface area contributed by atoms with Crippen LogP contribution in [0.2, 0.25) is 5.21 Å². The predicted octanol–water partition coefficient (Wildman–Crippen LogP) is -6.18. The van der Waals surface area contributed by atoms with Crippen LogP contribution in [0.4, 0.5) is 4.39 Å². The zero-order valence-electron chi connectivity index (χ0n) is 23.8. The van der Waals surface area contributed by atoms with Gasteiger partial charge in [-0.05, 0) is 12.1 Å². The molecule has 0 saturated carbocycles. The lowest BCUT2D eigenvalue weighted by atomic mass is 9.46. The second kappa shape index (κ2) is 10.4. The average molecular weight is 579 g/mol. The maximum absolute atomic E-state index is 15.4. The Morgan fingerprint density at radius 3 is 2.36 bits per heavy atom. The summed E-state index contributed by atoms with van der Waals surface area (Å²) in [5, 5.41) is 44.1. The van der Waals surface area contributed by atoms with Gasteiger partial charge >= 0.3 is 0 Å². The van der Waals surface area contributed by atoms with Crippen LogP contribution >= 0.6 is 0 Å². The molecule has 1 unspecified atom stereocenters. The molecule has 2 aromatic carbocycles. The summed E-state index contributed by atoms with van der Waals surface area (Å²) in [6.07, 6.45) is 0. The van der Waals surface area contributed by atoms with E-state index in [4.69, 9.17) is 9.47 Å². The van der Waals surface area contributed by atoms with Gasteiger partial charge in [-0.25, -0.2) is 4.39 Å². The van der Waals surface area contributed by atoms with Gasteiger partial charge in [0.25, 0.3) is 17.5 Å². The SMILES string of the molecule is Bc1c(B)c(CN2CCOCC2)c(O)c(COc2cccc3c2CN(C2(O)C(=O)NC(=O)C(B)(B)C2(O)O)C3=O)c1F. The quantitative estimate of drug-likeness (QED) is 0.126. The van der Waals surface area contributed by atoms with Crippen molar-refractivity contribution in [2.24, 2.45) is 0 Å². The molecule has 0 aromatic heterocycles. The van der Waals surface area contributed by atoms with Crippen molar-refractivity contribution in [1.82, 2.24) is 15.1 Å². The van der Waals surface area contributed by atoms with Crippen molar-refractivity contribution in [3.63, 3.8) is 0 Å². The van der Waals surface area contributed by atoms with Crippen LogP contribution in [-0.4, -0.2) is 117 Å². The minimum atomic E-state index is -3.36. The Balaban J connectivity index is 1.45. The summed E-state index contributed by atoms with van der Waals surface area (Å²) in [5.74, 6) is -7.58. The monoisotopic (exact) mass is 579 g/mol. The van der Waals surface area contributed by atoms with Crippen molar-refractivity contribution in [2.75, 3.05) is 26.3 Å². The summed E-state index contributed by atoms with van der Waals surface area (Å²) in [7, 11) is 5.58. The molecular formula is C25H30B4FN3O9. The van der Waals surface area contributed by atoms with E-state index in [1.54, 1.807) is 15.7 Å². The number of phenols is 1. The second-order valence-electron chi connectivity index (χ2n) is 11.5. The fraction of sp³-hybridized carbons (Fsp3) is 0.400. The highest BCUT2D eigenvalue weighted by atomic mass is 19.1. The minimum absolute atomic E-state index is 0.00276. The van der Waals surface area contributed by atoms with Gasteiger partial charge in [-0.15, -0.1) is 0 Å². The van der Waals surface area contributed by atoms with E-state index in [1.807, 2.05) is 5.32 Å². The molecule has 12 nitrogen and oxygen atoms in total. The highest BCUT2D eigenvalue weighted by Gasteiger charge is 2.72. The van der Waals surface area contributed by atoms with Gasteiger partial charge in [0.1, 0.15) is 55.3 Å². The molecular weight excluding hydrogens is 549 g/mol. The topological polar surface area (TPSA) is 169 Å². The number of benzene rings is 2. The average Bonchev–Trinajstić information content (AvgIpc) is 3.30. The number of fused-ring (bicyclic) bond motifs is 1. The molecule has 2 aromatic rings. The van der Waals surface area contributed by atoms with Crippen LogP contribution in [0, 0.1) is 5.82 Å². The van der Waals surface area contributed by atoms with Crippen molar-refractivity contribution in [3.05, 3.63) is 46.3 Å². The largest absolute Gasteiger partial charge is 0.507 e. The number of morpholine rings is 1. The van der Waals surface area contributed by atoms with Crippen LogP contribution in [0.1, 0.15) is 27.0 Å². The van der Waals surface area contributed by atoms with Crippen molar-refractivity contribution in [1.29, 1.82) is 0 Å². The van der Waals surface area contributed by atoms with Crippen molar-refractivity contribution in [3.8, 4) is 11.5 Å². The Hall–Kier alpha value is -3.36. The van der Waals surface area contributed by atoms with E-state index in [9.17, 15) is 34.8 Å². The first-order chi connectivity index (χ1) is 19.6. The Labute approximate surface area is 244 Å². The van der Waals surface area contributed by atoms with E-state index < -0.39 is 53.4 Å². The van der Waals surface area contributed by atoms with Gasteiger partial charge in [0, 0.05) is 41.5 Å². The van der Waals surface area contributed by atoms with Gasteiger partial charge in [-0.2, -0.15) is 0 Å². The Kier molecular flexibility index (Phi) is 7.47. The van der Waals surface area contributed by atoms with Gasteiger partial charge in [-0.3, -0.25) is 29.5 Å². The first-order valence-corrected chi connectivity index (χ1v) is 13.5. The van der Waals surface area contributed by atoms with Gasteiger partial charge in [-0.1, -0.05) is 17.0 Å². The Morgan fingerprint density at radius 2 is 1.69 bits per heavy atom. The molecule has 17 heteroatoms. The van der Waals surface area contributed by atoms with E-state index in [0.29, 0.717) is 54.2 Å². The molecule has 5 rings (SSSR count). The zero-order valence-corrected chi connectivity index (χ0v) is 23.8. The van der Waals surface area contributed by atoms with Crippen LogP contribution in [-0.2, 0) is 34.0 Å². The highest BCUT2D eigenvalue weighted by molar-refractivity contribution is 6.53. The number of carbonyl (C=O) groups excluding carboxylic acids is 3. The molecule has 0 aliphatic carbocycles. The van der Waals surface area contributed by atoms with Crippen LogP contribution in [0.25, 0.3) is 0 Å². The molecule has 3 amide bonds. The molecule has 0 bridgehead atoms. The number of phenolic OH excluding ortho intramolecular Hbond substituents is 1. The molecule has 42 heavy (non-hydrogen) atoms. The third-order valence-corrected chi connectivity index (χ3v) is 8.82. The zero-order chi connectivity index (χ0) is 30.8. The standard InChI is InChI=1S/C25H30B4FN3O9/c26-16-13(8-32-4-6-41-7-5-32)19(34)14(18(30)17(16)27)10-42-15-3-1-2-11-12(15)9-33(20(11)35)24(38)22(37)31-21(36)23(28,29)25(24,39)40/h1-3,34,38-40H,4-10,26-29H2,(H,31,36,37). The molecule has 3 heterocycles. The van der Waals surface area contributed by atoms with E-state index in [1.165, 1.54) is 18.2 Å². The summed E-state index contributed by atoms with van der Waals surface area (Å²) in [4.78, 5) is 41.2. The molecule has 218 valence electrons. The third-order valence-electron chi connectivity index (χ3n) is 8.82. The number of hydrogen-bond donors (Lipinski definition) is 5. The first-order valence-electron chi connectivity index (χ1n) is 13.5. The predicted molar refractivity (Wildman–Crippen MR) is 156 cm³/mol. The number of nitrogens with one attached hydrogen (secondary N) is 1. The number of imide groups is 1. The molecule has 2 saturated heterocycles. The van der Waals surface area contributed by atoms with Crippen molar-refractivity contribution >= 4 is 60.0 Å². The summed E-state index contributed by atoms with van der Waals surface area (Å²) in [5.41, 5.74) is -1.57. The lowest BCUT2D eigenvalue weighted by Gasteiger charge is -2.52. The molecule has 5 N–H and O–H groups in total. The van der Waals surface area contributed by atoms with Crippen molar-refractivity contribution < 1.29 is 48.7 Å². The number of hydrogen-bond acceptors (Lipinski definition) is 10. The number of ether oxygens (including phenoxy) is 2. The Morgan fingerprint density at radius 1 is 1.02 bits per heavy atom. The highest BCUT2D eigenvalue weighted by Crippen LogP contribution is 2.47. The lowest BCUT2D eigenvalue weighted by Crippen LogP contribution is -2.81. The number of piperidine rings is 1. The van der Waals surface area contributed by atoms with Crippen molar-refractivity contribution in [2.45, 2.75) is 36.4 Å². The third kappa shape index (κ3) is 4.33. The summed E-state index contributed by atoms with van der Waals surface area (Å²) < 4.78 is 26.7. The van der Waals surface area contributed by atoms with Gasteiger partial charge in [0.05, 0.1) is 25.3 Å². The molecule has 2 fully saturated rings. The van der Waals surface area contributed by atoms with Gasteiger partial charge in [0.2, 0.25) is 11.7 Å². The summed E-state index contributed by atoms with van der Waals surface area (Å²) in [6, 6.07) is 4.36. The lowest BCUT2D eigenvalue weighted by molar-refractivity contribution is -0.311. The fourth-order valence-electron chi connectivity index (χ4n) is 5.65. The van der Waals surface area contributed by atoms with Gasteiger partial charge < -0.3 is 29.9 Å². The van der Waals surface area contributed by atoms with Crippen LogP contribution in [0.15, 0.2) is 18.2 Å². The molecule has 3 aliphatic heterocycles. The fourth-order valence-corrected chi connectivity index (χ4v) is 5.65. The molecule has 0 radical (unpaired) electrons. The van der Waals surface area contributed by atoms with E-state index >= 15 is 4.39 Å². The van der Waals surface area contributed by atoms with E-state index in [2.05, 4.69) is 4.90 Å². The Bertz CT molecular complexity index is 1500. The number of nitrogens with zero attached hydrogens (tertiary/aromatic N) is 2. The van der Waals surface area contributed by atoms with Gasteiger partial charge in [0.15, 0.2) is 0 Å². The maximum atomic E-state index is 15.4. The number of amides is 3. The minimum Gasteiger partial charge on any atom is -0.507 e. The number of rotatable bonds is 6. The maximum Gasteiger partial charge on any atom is 0.285 e. The van der Waals surface area contributed by atoms with Crippen LogP contribution in [0.5, 0.6) is 11.5 Å². The summed E-state index contributed by atoms with van der Waals surface area (Å²) >= 11 is 0. The number of aliphatic hydroxyl groups is 3. The normalized spacial score (nSPS) is 23.5. The second-order valence-corrected chi connectivity index (χ2v) is 11.5. The molecule has 3 aliphatic rings. The summed E-state index contributed by atoms with van der Waals surface area (Å²) in [6.45, 7) is 1.94. The van der Waals surface area contributed by atoms with Crippen LogP contribution in [0.3, 0.4) is 0 Å². The smallest absolute Gasteiger partial charge is 0.285 e. The molecule has 0 spiro atoms.